The van der Waals surface area contributed by atoms with Crippen LogP contribution < -0.4 is 5.32 Å². The molecule has 0 radical (unpaired) electrons. The van der Waals surface area contributed by atoms with Crippen molar-refractivity contribution in [2.45, 2.75) is 32.7 Å². The Morgan fingerprint density at radius 1 is 1.22 bits per heavy atom. The van der Waals surface area contributed by atoms with Crippen molar-refractivity contribution in [2.75, 3.05) is 6.61 Å². The number of benzene rings is 1. The molecule has 0 fully saturated rings. The largest absolute Gasteiger partial charge is 0.467 e. The second-order valence-corrected chi connectivity index (χ2v) is 6.37. The summed E-state index contributed by atoms with van der Waals surface area (Å²) < 4.78 is 10.1. The van der Waals surface area contributed by atoms with Crippen molar-refractivity contribution in [3.8, 4) is 6.07 Å². The fourth-order valence-corrected chi connectivity index (χ4v) is 2.38. The Kier molecular flexibility index (Phi) is 6.95. The van der Waals surface area contributed by atoms with Gasteiger partial charge in [-0.2, -0.15) is 5.26 Å². The number of hydrogen-bond donors (Lipinski definition) is 1. The predicted molar refractivity (Wildman–Crippen MR) is 100 cm³/mol. The molecule has 0 saturated carbocycles. The first-order valence-electron chi connectivity index (χ1n) is 8.62. The summed E-state index contributed by atoms with van der Waals surface area (Å²) in [5.41, 5.74) is 1.71. The lowest BCUT2D eigenvalue weighted by molar-refractivity contribution is -0.144. The smallest absolute Gasteiger partial charge is 0.349 e. The van der Waals surface area contributed by atoms with Crippen LogP contribution in [0.4, 0.5) is 0 Å². The van der Waals surface area contributed by atoms with Crippen molar-refractivity contribution in [2.24, 2.45) is 0 Å². The summed E-state index contributed by atoms with van der Waals surface area (Å²) in [4.78, 5) is 24.0. The van der Waals surface area contributed by atoms with Crippen LogP contribution in [0.2, 0.25) is 0 Å². The molecule has 6 nitrogen and oxygen atoms in total. The molecular formula is C21H22N2O4. The maximum absolute atomic E-state index is 12.1. The Bertz CT molecular complexity index is 843. The van der Waals surface area contributed by atoms with Crippen LogP contribution in [-0.2, 0) is 14.3 Å². The van der Waals surface area contributed by atoms with E-state index in [9.17, 15) is 14.9 Å². The molecule has 0 aliphatic rings. The van der Waals surface area contributed by atoms with E-state index < -0.39 is 18.5 Å². The lowest BCUT2D eigenvalue weighted by Gasteiger charge is -2.11. The maximum Gasteiger partial charge on any atom is 0.349 e. The van der Waals surface area contributed by atoms with Crippen molar-refractivity contribution < 1.29 is 18.7 Å². The Hall–Kier alpha value is -3.33. The molecule has 1 atom stereocenters. The van der Waals surface area contributed by atoms with Crippen LogP contribution in [0, 0.1) is 11.3 Å². The summed E-state index contributed by atoms with van der Waals surface area (Å²) in [6, 6.07) is 12.5. The third-order valence-corrected chi connectivity index (χ3v) is 3.94. The topological polar surface area (TPSA) is 92.3 Å². The Morgan fingerprint density at radius 3 is 2.48 bits per heavy atom. The third-order valence-electron chi connectivity index (χ3n) is 3.94. The minimum atomic E-state index is -0.841. The van der Waals surface area contributed by atoms with Crippen LogP contribution >= 0.6 is 0 Å². The second kappa shape index (κ2) is 9.39. The van der Waals surface area contributed by atoms with Crippen LogP contribution in [0.3, 0.4) is 0 Å². The number of carbonyl (C=O) groups is 2. The van der Waals surface area contributed by atoms with Crippen LogP contribution in [0.5, 0.6) is 0 Å². The van der Waals surface area contributed by atoms with Gasteiger partial charge in [0, 0.05) is 0 Å². The zero-order valence-corrected chi connectivity index (χ0v) is 15.6. The molecule has 6 heteroatoms. The van der Waals surface area contributed by atoms with Crippen LogP contribution in [0.15, 0.2) is 52.7 Å². The monoisotopic (exact) mass is 366 g/mol. The van der Waals surface area contributed by atoms with Gasteiger partial charge in [0.15, 0.2) is 6.61 Å². The molecule has 2 rings (SSSR count). The summed E-state index contributed by atoms with van der Waals surface area (Å²) in [5.74, 6) is -0.334. The molecule has 0 bridgehead atoms. The quantitative estimate of drug-likeness (QED) is 0.458. The van der Waals surface area contributed by atoms with Gasteiger partial charge in [-0.3, -0.25) is 4.79 Å². The first-order valence-corrected chi connectivity index (χ1v) is 8.62. The van der Waals surface area contributed by atoms with Gasteiger partial charge in [0.1, 0.15) is 17.4 Å². The molecule has 2 aromatic rings. The summed E-state index contributed by atoms with van der Waals surface area (Å²) in [7, 11) is 0. The van der Waals surface area contributed by atoms with Gasteiger partial charge in [-0.1, -0.05) is 38.1 Å². The number of amides is 1. The minimum absolute atomic E-state index is 0.167. The van der Waals surface area contributed by atoms with Gasteiger partial charge in [-0.05, 0) is 42.2 Å². The number of hydrogen-bond acceptors (Lipinski definition) is 5. The van der Waals surface area contributed by atoms with Crippen molar-refractivity contribution in [1.82, 2.24) is 5.32 Å². The van der Waals surface area contributed by atoms with Gasteiger partial charge >= 0.3 is 5.97 Å². The number of ether oxygens (including phenoxy) is 1. The number of furan rings is 1. The summed E-state index contributed by atoms with van der Waals surface area (Å²) >= 11 is 0. The Morgan fingerprint density at radius 2 is 1.93 bits per heavy atom. The van der Waals surface area contributed by atoms with E-state index >= 15 is 0 Å². The highest BCUT2D eigenvalue weighted by molar-refractivity contribution is 5.98. The molecule has 140 valence electrons. The zero-order chi connectivity index (χ0) is 19.8. The van der Waals surface area contributed by atoms with Crippen molar-refractivity contribution >= 4 is 18.0 Å². The molecule has 27 heavy (non-hydrogen) atoms. The number of rotatable bonds is 7. The van der Waals surface area contributed by atoms with Crippen molar-refractivity contribution in [3.05, 3.63) is 65.1 Å². The van der Waals surface area contributed by atoms with E-state index in [0.29, 0.717) is 17.2 Å². The average molecular weight is 366 g/mol. The van der Waals surface area contributed by atoms with Gasteiger partial charge < -0.3 is 14.5 Å². The molecule has 0 saturated heterocycles. The van der Waals surface area contributed by atoms with Crippen LogP contribution in [0.25, 0.3) is 6.08 Å². The van der Waals surface area contributed by atoms with E-state index in [0.717, 1.165) is 5.56 Å². The number of nitriles is 1. The molecule has 1 N–H and O–H groups in total. The lowest BCUT2D eigenvalue weighted by Crippen LogP contribution is -2.31. The molecular weight excluding hydrogens is 344 g/mol. The standard InChI is InChI=1S/C21H22N2O4/c1-14(2)17-8-6-16(7-9-17)11-18(12-22)21(25)27-13-20(24)23-15(3)19-5-4-10-26-19/h4-11,14-15H,13H2,1-3H3,(H,23,24)/b18-11+/t15-/m0/s1. The molecule has 1 heterocycles. The number of esters is 1. The van der Waals surface area contributed by atoms with E-state index in [1.54, 1.807) is 19.1 Å². The van der Waals surface area contributed by atoms with E-state index in [-0.39, 0.29) is 11.6 Å². The Labute approximate surface area is 158 Å². The molecule has 0 aliphatic heterocycles. The normalized spacial score (nSPS) is 12.3. The first-order chi connectivity index (χ1) is 12.9. The highest BCUT2D eigenvalue weighted by atomic mass is 16.5. The lowest BCUT2D eigenvalue weighted by atomic mass is 10.0. The minimum Gasteiger partial charge on any atom is -0.467 e. The summed E-state index contributed by atoms with van der Waals surface area (Å²) in [6.45, 7) is 5.44. The van der Waals surface area contributed by atoms with E-state index in [2.05, 4.69) is 19.2 Å². The molecule has 0 spiro atoms. The van der Waals surface area contributed by atoms with Gasteiger partial charge in [-0.15, -0.1) is 0 Å². The average Bonchev–Trinajstić information content (AvgIpc) is 3.19. The second-order valence-electron chi connectivity index (χ2n) is 6.37. The van der Waals surface area contributed by atoms with Gasteiger partial charge in [-0.25, -0.2) is 4.79 Å². The maximum atomic E-state index is 12.1. The zero-order valence-electron chi connectivity index (χ0n) is 15.6. The number of nitrogens with zero attached hydrogens (tertiary/aromatic N) is 1. The molecule has 0 aliphatic carbocycles. The fraction of sp³-hybridized carbons (Fsp3) is 0.286. The van der Waals surface area contributed by atoms with Gasteiger partial charge in [0.05, 0.1) is 12.3 Å². The van der Waals surface area contributed by atoms with Crippen molar-refractivity contribution in [3.63, 3.8) is 0 Å². The SMILES string of the molecule is CC(C)c1ccc(/C=C(\C#N)C(=O)OCC(=O)N[C@@H](C)c2ccco2)cc1. The fourth-order valence-electron chi connectivity index (χ4n) is 2.38. The molecule has 1 aromatic heterocycles. The molecule has 1 aromatic carbocycles. The molecule has 0 unspecified atom stereocenters. The highest BCUT2D eigenvalue weighted by Gasteiger charge is 2.16. The Balaban J connectivity index is 1.92. The van der Waals surface area contributed by atoms with E-state index in [1.165, 1.54) is 12.3 Å². The summed E-state index contributed by atoms with van der Waals surface area (Å²) in [6.07, 6.45) is 2.95. The number of carbonyl (C=O) groups excluding carboxylic acids is 2. The van der Waals surface area contributed by atoms with Crippen LogP contribution in [-0.4, -0.2) is 18.5 Å². The molecule has 1 amide bonds. The predicted octanol–water partition coefficient (Wildman–Crippen LogP) is 3.73. The highest BCUT2D eigenvalue weighted by Crippen LogP contribution is 2.16. The third kappa shape index (κ3) is 5.86. The van der Waals surface area contributed by atoms with Crippen molar-refractivity contribution in [1.29, 1.82) is 5.26 Å². The summed E-state index contributed by atoms with van der Waals surface area (Å²) in [5, 5.41) is 11.9. The van der Waals surface area contributed by atoms with E-state index in [4.69, 9.17) is 9.15 Å². The van der Waals surface area contributed by atoms with Gasteiger partial charge in [0.2, 0.25) is 0 Å². The van der Waals surface area contributed by atoms with Crippen LogP contribution in [0.1, 0.15) is 49.6 Å². The number of nitrogens with one attached hydrogen (secondary N) is 1. The van der Waals surface area contributed by atoms with E-state index in [1.807, 2.05) is 30.3 Å². The van der Waals surface area contributed by atoms with Gasteiger partial charge in [0.25, 0.3) is 5.91 Å². The first kappa shape index (κ1) is 20.0.